The van der Waals surface area contributed by atoms with Crippen molar-refractivity contribution in [1.29, 1.82) is 0 Å². The van der Waals surface area contributed by atoms with Gasteiger partial charge < -0.3 is 4.42 Å². The highest BCUT2D eigenvalue weighted by Gasteiger charge is 2.22. The van der Waals surface area contributed by atoms with Crippen molar-refractivity contribution in [2.75, 3.05) is 10.7 Å². The summed E-state index contributed by atoms with van der Waals surface area (Å²) in [5.74, 6) is 0. The second kappa shape index (κ2) is 4.47. The monoisotopic (exact) mass is 294 g/mol. The maximum absolute atomic E-state index is 5.02. The SMILES string of the molecule is CC(CBr)(CBr)Cc1ccoc1. The van der Waals surface area contributed by atoms with Crippen molar-refractivity contribution in [3.05, 3.63) is 24.2 Å². The minimum atomic E-state index is 0.282. The zero-order valence-corrected chi connectivity index (χ0v) is 10.2. The van der Waals surface area contributed by atoms with E-state index in [1.807, 2.05) is 12.3 Å². The zero-order chi connectivity index (χ0) is 9.03. The van der Waals surface area contributed by atoms with Crippen LogP contribution in [-0.4, -0.2) is 10.7 Å². The average molecular weight is 296 g/mol. The zero-order valence-electron chi connectivity index (χ0n) is 7.02. The van der Waals surface area contributed by atoms with E-state index in [4.69, 9.17) is 4.42 Å². The van der Waals surface area contributed by atoms with Gasteiger partial charge in [-0.05, 0) is 23.5 Å². The van der Waals surface area contributed by atoms with E-state index in [1.165, 1.54) is 5.56 Å². The second-order valence-corrected chi connectivity index (χ2v) is 4.51. The number of hydrogen-bond donors (Lipinski definition) is 0. The molecule has 0 saturated carbocycles. The van der Waals surface area contributed by atoms with Gasteiger partial charge in [-0.1, -0.05) is 38.8 Å². The summed E-state index contributed by atoms with van der Waals surface area (Å²) in [5.41, 5.74) is 1.54. The molecular formula is C9H12Br2O. The molecule has 1 rings (SSSR count). The Morgan fingerprint density at radius 3 is 2.50 bits per heavy atom. The van der Waals surface area contributed by atoms with Gasteiger partial charge in [0.25, 0.3) is 0 Å². The molecule has 1 heterocycles. The lowest BCUT2D eigenvalue weighted by atomic mass is 9.89. The predicted octanol–water partition coefficient (Wildman–Crippen LogP) is 3.62. The third kappa shape index (κ3) is 2.63. The minimum Gasteiger partial charge on any atom is -0.472 e. The highest BCUT2D eigenvalue weighted by Crippen LogP contribution is 2.27. The van der Waals surface area contributed by atoms with Gasteiger partial charge in [-0.15, -0.1) is 0 Å². The van der Waals surface area contributed by atoms with Crippen molar-refractivity contribution < 1.29 is 4.42 Å². The molecule has 0 aliphatic heterocycles. The van der Waals surface area contributed by atoms with Crippen molar-refractivity contribution in [3.8, 4) is 0 Å². The van der Waals surface area contributed by atoms with Crippen molar-refractivity contribution in [1.82, 2.24) is 0 Å². The van der Waals surface area contributed by atoms with Gasteiger partial charge in [0.15, 0.2) is 0 Å². The van der Waals surface area contributed by atoms with Crippen LogP contribution in [0, 0.1) is 5.41 Å². The first-order valence-corrected chi connectivity index (χ1v) is 6.07. The first kappa shape index (κ1) is 10.3. The third-order valence-corrected chi connectivity index (χ3v) is 4.56. The van der Waals surface area contributed by atoms with Crippen LogP contribution in [0.5, 0.6) is 0 Å². The van der Waals surface area contributed by atoms with Crippen LogP contribution < -0.4 is 0 Å². The summed E-state index contributed by atoms with van der Waals surface area (Å²) in [6.45, 7) is 2.24. The van der Waals surface area contributed by atoms with E-state index in [1.54, 1.807) is 6.26 Å². The number of hydrogen-bond acceptors (Lipinski definition) is 1. The van der Waals surface area contributed by atoms with E-state index in [2.05, 4.69) is 38.8 Å². The quantitative estimate of drug-likeness (QED) is 0.773. The summed E-state index contributed by atoms with van der Waals surface area (Å²) in [5, 5.41) is 1.99. The van der Waals surface area contributed by atoms with E-state index in [0.717, 1.165) is 17.1 Å². The molecule has 0 aliphatic carbocycles. The van der Waals surface area contributed by atoms with E-state index >= 15 is 0 Å². The summed E-state index contributed by atoms with van der Waals surface area (Å²) in [4.78, 5) is 0. The Hall–Kier alpha value is 0.240. The third-order valence-electron chi connectivity index (χ3n) is 1.86. The summed E-state index contributed by atoms with van der Waals surface area (Å²) in [6.07, 6.45) is 4.57. The van der Waals surface area contributed by atoms with Crippen LogP contribution in [0.2, 0.25) is 0 Å². The van der Waals surface area contributed by atoms with Crippen molar-refractivity contribution >= 4 is 31.9 Å². The molecular weight excluding hydrogens is 284 g/mol. The molecule has 0 spiro atoms. The topological polar surface area (TPSA) is 13.1 Å². The molecule has 1 nitrogen and oxygen atoms in total. The normalized spacial score (nSPS) is 11.9. The van der Waals surface area contributed by atoms with Gasteiger partial charge in [0, 0.05) is 10.7 Å². The first-order valence-electron chi connectivity index (χ1n) is 3.83. The second-order valence-electron chi connectivity index (χ2n) is 3.39. The Kier molecular flexibility index (Phi) is 3.84. The van der Waals surface area contributed by atoms with Gasteiger partial charge in [0.1, 0.15) is 0 Å². The Morgan fingerprint density at radius 2 is 2.08 bits per heavy atom. The van der Waals surface area contributed by atoms with Crippen molar-refractivity contribution in [2.45, 2.75) is 13.3 Å². The van der Waals surface area contributed by atoms with Crippen LogP contribution in [0.4, 0.5) is 0 Å². The molecule has 1 aromatic rings. The maximum Gasteiger partial charge on any atom is 0.0934 e. The molecule has 0 amide bonds. The average Bonchev–Trinajstić information content (AvgIpc) is 2.57. The van der Waals surface area contributed by atoms with Gasteiger partial charge in [0.05, 0.1) is 12.5 Å². The summed E-state index contributed by atoms with van der Waals surface area (Å²) < 4.78 is 5.02. The molecule has 0 aliphatic rings. The van der Waals surface area contributed by atoms with Gasteiger partial charge in [-0.3, -0.25) is 0 Å². The van der Waals surface area contributed by atoms with Crippen molar-refractivity contribution in [3.63, 3.8) is 0 Å². The van der Waals surface area contributed by atoms with E-state index in [0.29, 0.717) is 0 Å². The standard InChI is InChI=1S/C9H12Br2O/c1-9(6-10,7-11)4-8-2-3-12-5-8/h2-3,5H,4,6-7H2,1H3. The lowest BCUT2D eigenvalue weighted by Gasteiger charge is -2.23. The van der Waals surface area contributed by atoms with E-state index in [9.17, 15) is 0 Å². The lowest BCUT2D eigenvalue weighted by Crippen LogP contribution is -2.22. The molecule has 68 valence electrons. The lowest BCUT2D eigenvalue weighted by molar-refractivity contribution is 0.435. The molecule has 3 heteroatoms. The van der Waals surface area contributed by atoms with Gasteiger partial charge in [0.2, 0.25) is 0 Å². The molecule has 0 bridgehead atoms. The fourth-order valence-electron chi connectivity index (χ4n) is 1.02. The molecule has 1 aromatic heterocycles. The number of alkyl halides is 2. The molecule has 0 atom stereocenters. The van der Waals surface area contributed by atoms with Crippen LogP contribution >= 0.6 is 31.9 Å². The Bertz CT molecular complexity index is 214. The molecule has 0 aromatic carbocycles. The Labute approximate surface area is 89.8 Å². The highest BCUT2D eigenvalue weighted by atomic mass is 79.9. The fraction of sp³-hybridized carbons (Fsp3) is 0.556. The number of rotatable bonds is 4. The molecule has 0 unspecified atom stereocenters. The van der Waals surface area contributed by atoms with Crippen LogP contribution in [0.15, 0.2) is 23.0 Å². The number of furan rings is 1. The maximum atomic E-state index is 5.02. The van der Waals surface area contributed by atoms with Gasteiger partial charge in [-0.25, -0.2) is 0 Å². The van der Waals surface area contributed by atoms with Gasteiger partial charge in [-0.2, -0.15) is 0 Å². The van der Waals surface area contributed by atoms with Gasteiger partial charge >= 0.3 is 0 Å². The molecule has 0 N–H and O–H groups in total. The highest BCUT2D eigenvalue weighted by molar-refractivity contribution is 9.09. The first-order chi connectivity index (χ1) is 5.70. The van der Waals surface area contributed by atoms with Crippen LogP contribution in [-0.2, 0) is 6.42 Å². The van der Waals surface area contributed by atoms with Crippen LogP contribution in [0.25, 0.3) is 0 Å². The van der Waals surface area contributed by atoms with Crippen LogP contribution in [0.1, 0.15) is 12.5 Å². The summed E-state index contributed by atoms with van der Waals surface area (Å²) >= 11 is 7.03. The molecule has 0 saturated heterocycles. The Balaban J connectivity index is 2.60. The smallest absolute Gasteiger partial charge is 0.0934 e. The number of halogens is 2. The largest absolute Gasteiger partial charge is 0.472 e. The summed E-state index contributed by atoms with van der Waals surface area (Å²) in [6, 6.07) is 2.02. The van der Waals surface area contributed by atoms with E-state index in [-0.39, 0.29) is 5.41 Å². The molecule has 0 fully saturated rings. The Morgan fingerprint density at radius 1 is 1.42 bits per heavy atom. The fourth-order valence-corrected chi connectivity index (χ4v) is 2.34. The minimum absolute atomic E-state index is 0.282. The van der Waals surface area contributed by atoms with Crippen molar-refractivity contribution in [2.24, 2.45) is 5.41 Å². The predicted molar refractivity (Wildman–Crippen MR) is 58.1 cm³/mol. The van der Waals surface area contributed by atoms with E-state index < -0.39 is 0 Å². The molecule has 0 radical (unpaired) electrons. The summed E-state index contributed by atoms with van der Waals surface area (Å²) in [7, 11) is 0. The molecule has 12 heavy (non-hydrogen) atoms. The van der Waals surface area contributed by atoms with Crippen LogP contribution in [0.3, 0.4) is 0 Å².